The van der Waals surface area contributed by atoms with E-state index in [1.807, 2.05) is 11.1 Å². The van der Waals surface area contributed by atoms with E-state index in [4.69, 9.17) is 16.0 Å². The number of hydrogen-bond acceptors (Lipinski definition) is 5. The minimum atomic E-state index is -0.0124. The molecule has 0 bridgehead atoms. The topological polar surface area (TPSA) is 64.2 Å². The zero-order valence-electron chi connectivity index (χ0n) is 11.2. The summed E-state index contributed by atoms with van der Waals surface area (Å²) in [7, 11) is 1.75. The van der Waals surface area contributed by atoms with Crippen molar-refractivity contribution in [2.45, 2.75) is 13.1 Å². The third-order valence-corrected chi connectivity index (χ3v) is 3.82. The van der Waals surface area contributed by atoms with E-state index in [1.54, 1.807) is 29.8 Å². The maximum Gasteiger partial charge on any atom is 0.300 e. The van der Waals surface area contributed by atoms with Crippen LogP contribution in [-0.4, -0.2) is 14.5 Å². The molecule has 1 aliphatic rings. The Bertz CT molecular complexity index is 915. The lowest BCUT2D eigenvalue weighted by Crippen LogP contribution is -2.15. The third kappa shape index (κ3) is 1.99. The average Bonchev–Trinajstić information content (AvgIpc) is 3.02. The number of aromatic nitrogens is 3. The van der Waals surface area contributed by atoms with Gasteiger partial charge in [-0.15, -0.1) is 0 Å². The highest BCUT2D eigenvalue weighted by Crippen LogP contribution is 2.29. The molecule has 0 unspecified atom stereocenters. The molecule has 3 aromatic rings. The van der Waals surface area contributed by atoms with Gasteiger partial charge in [-0.25, -0.2) is 4.98 Å². The molecule has 0 spiro atoms. The predicted octanol–water partition coefficient (Wildman–Crippen LogP) is 2.10. The molecule has 3 aromatic heterocycles. The molecule has 106 valence electrons. The fraction of sp³-hybridized carbons (Fsp3) is 0.214. The van der Waals surface area contributed by atoms with Gasteiger partial charge in [0.2, 0.25) is 5.65 Å². The smallest absolute Gasteiger partial charge is 0.300 e. The van der Waals surface area contributed by atoms with Gasteiger partial charge in [-0.05, 0) is 23.3 Å². The van der Waals surface area contributed by atoms with Crippen molar-refractivity contribution in [1.82, 2.24) is 14.5 Å². The second kappa shape index (κ2) is 4.33. The molecule has 0 radical (unpaired) electrons. The maximum absolute atomic E-state index is 11.7. The molecule has 7 heteroatoms. The van der Waals surface area contributed by atoms with Gasteiger partial charge in [0.25, 0.3) is 5.56 Å². The molecule has 4 heterocycles. The number of aryl methyl sites for hydroxylation is 1. The van der Waals surface area contributed by atoms with E-state index in [9.17, 15) is 4.79 Å². The minimum absolute atomic E-state index is 0.0124. The lowest BCUT2D eigenvalue weighted by molar-refractivity contribution is 0.573. The van der Waals surface area contributed by atoms with Crippen molar-refractivity contribution < 1.29 is 4.42 Å². The van der Waals surface area contributed by atoms with Crippen LogP contribution in [0.1, 0.15) is 11.1 Å². The molecule has 0 aromatic carbocycles. The summed E-state index contributed by atoms with van der Waals surface area (Å²) in [4.78, 5) is 22.1. The van der Waals surface area contributed by atoms with Crippen LogP contribution in [-0.2, 0) is 20.1 Å². The van der Waals surface area contributed by atoms with Crippen molar-refractivity contribution in [1.29, 1.82) is 0 Å². The van der Waals surface area contributed by atoms with Crippen LogP contribution >= 0.6 is 11.6 Å². The average molecular weight is 303 g/mol. The van der Waals surface area contributed by atoms with Crippen molar-refractivity contribution in [2.24, 2.45) is 7.05 Å². The normalized spacial score (nSPS) is 13.9. The standard InChI is InChI=1S/C14H11ClN4O2/c1-18-5-9-7-19(6-8(9)4-12(18)20)14-17-13-10(21-14)2-3-11(15)16-13/h2-5H,6-7H2,1H3. The molecule has 0 amide bonds. The Balaban J connectivity index is 1.73. The monoisotopic (exact) mass is 302 g/mol. The van der Waals surface area contributed by atoms with Crippen LogP contribution in [0.2, 0.25) is 5.15 Å². The second-order valence-electron chi connectivity index (χ2n) is 5.08. The molecule has 0 aliphatic carbocycles. The lowest BCUT2D eigenvalue weighted by atomic mass is 10.2. The summed E-state index contributed by atoms with van der Waals surface area (Å²) in [5.41, 5.74) is 3.18. The molecular formula is C14H11ClN4O2. The molecule has 0 atom stereocenters. The molecule has 0 saturated carbocycles. The minimum Gasteiger partial charge on any atom is -0.422 e. The van der Waals surface area contributed by atoms with Gasteiger partial charge in [0, 0.05) is 32.4 Å². The van der Waals surface area contributed by atoms with Crippen LogP contribution in [0, 0.1) is 0 Å². The van der Waals surface area contributed by atoms with E-state index in [0.717, 1.165) is 11.1 Å². The first-order valence-electron chi connectivity index (χ1n) is 6.46. The first-order chi connectivity index (χ1) is 10.1. The molecular weight excluding hydrogens is 292 g/mol. The summed E-state index contributed by atoms with van der Waals surface area (Å²) in [6, 6.07) is 5.57. The Morgan fingerprint density at radius 2 is 2.05 bits per heavy atom. The number of hydrogen-bond donors (Lipinski definition) is 0. The van der Waals surface area contributed by atoms with E-state index >= 15 is 0 Å². The van der Waals surface area contributed by atoms with Gasteiger partial charge in [-0.2, -0.15) is 4.98 Å². The highest BCUT2D eigenvalue weighted by molar-refractivity contribution is 6.29. The Hall–Kier alpha value is -2.34. The van der Waals surface area contributed by atoms with Crippen LogP contribution in [0.3, 0.4) is 0 Å². The Kier molecular flexibility index (Phi) is 2.56. The van der Waals surface area contributed by atoms with Crippen LogP contribution in [0.5, 0.6) is 0 Å². The summed E-state index contributed by atoms with van der Waals surface area (Å²) < 4.78 is 7.29. The van der Waals surface area contributed by atoms with E-state index in [0.29, 0.717) is 35.5 Å². The summed E-state index contributed by atoms with van der Waals surface area (Å²) in [5.74, 6) is 0. The number of rotatable bonds is 1. The summed E-state index contributed by atoms with van der Waals surface area (Å²) in [6.07, 6.45) is 1.86. The van der Waals surface area contributed by atoms with E-state index in [1.165, 1.54) is 0 Å². The molecule has 21 heavy (non-hydrogen) atoms. The SMILES string of the molecule is Cn1cc2c(cc1=O)CN(c1nc3nc(Cl)ccc3o1)C2. The molecule has 0 N–H and O–H groups in total. The van der Waals surface area contributed by atoms with Crippen molar-refractivity contribution >= 4 is 28.8 Å². The summed E-state index contributed by atoms with van der Waals surface area (Å²) in [5, 5.41) is 0.384. The van der Waals surface area contributed by atoms with Gasteiger partial charge in [0.05, 0.1) is 0 Å². The van der Waals surface area contributed by atoms with Gasteiger partial charge in [-0.1, -0.05) is 11.6 Å². The van der Waals surface area contributed by atoms with Gasteiger partial charge in [-0.3, -0.25) is 4.79 Å². The number of fused-ring (bicyclic) bond motifs is 2. The van der Waals surface area contributed by atoms with Crippen molar-refractivity contribution in [3.8, 4) is 0 Å². The number of oxazole rings is 1. The quantitative estimate of drug-likeness (QED) is 0.644. The fourth-order valence-corrected chi connectivity index (χ4v) is 2.68. The van der Waals surface area contributed by atoms with Crippen LogP contribution < -0.4 is 10.5 Å². The molecule has 0 fully saturated rings. The van der Waals surface area contributed by atoms with Gasteiger partial charge in [0.1, 0.15) is 5.15 Å². The van der Waals surface area contributed by atoms with E-state index < -0.39 is 0 Å². The van der Waals surface area contributed by atoms with E-state index in [-0.39, 0.29) is 5.56 Å². The Labute approximate surface area is 124 Å². The molecule has 4 rings (SSSR count). The number of nitrogens with zero attached hydrogens (tertiary/aromatic N) is 4. The summed E-state index contributed by atoms with van der Waals surface area (Å²) in [6.45, 7) is 1.26. The van der Waals surface area contributed by atoms with Gasteiger partial charge in [0.15, 0.2) is 5.58 Å². The number of pyridine rings is 2. The lowest BCUT2D eigenvalue weighted by Gasteiger charge is -2.10. The first kappa shape index (κ1) is 12.4. The number of halogens is 1. The number of anilines is 1. The fourth-order valence-electron chi connectivity index (χ4n) is 2.54. The third-order valence-electron chi connectivity index (χ3n) is 3.61. The molecule has 6 nitrogen and oxygen atoms in total. The second-order valence-corrected chi connectivity index (χ2v) is 5.47. The van der Waals surface area contributed by atoms with Gasteiger partial charge >= 0.3 is 6.01 Å². The highest BCUT2D eigenvalue weighted by Gasteiger charge is 2.24. The zero-order valence-corrected chi connectivity index (χ0v) is 12.0. The van der Waals surface area contributed by atoms with Crippen molar-refractivity contribution in [3.63, 3.8) is 0 Å². The molecule has 1 aliphatic heterocycles. The van der Waals surface area contributed by atoms with Gasteiger partial charge < -0.3 is 13.9 Å². The van der Waals surface area contributed by atoms with Crippen LogP contribution in [0.15, 0.2) is 33.6 Å². The first-order valence-corrected chi connectivity index (χ1v) is 6.84. The largest absolute Gasteiger partial charge is 0.422 e. The summed E-state index contributed by atoms with van der Waals surface area (Å²) >= 11 is 5.85. The zero-order chi connectivity index (χ0) is 14.6. The highest BCUT2D eigenvalue weighted by atomic mass is 35.5. The van der Waals surface area contributed by atoms with Crippen molar-refractivity contribution in [3.05, 3.63) is 51.0 Å². The van der Waals surface area contributed by atoms with Crippen molar-refractivity contribution in [2.75, 3.05) is 4.90 Å². The maximum atomic E-state index is 11.7. The van der Waals surface area contributed by atoms with Crippen LogP contribution in [0.4, 0.5) is 6.01 Å². The Morgan fingerprint density at radius 3 is 2.90 bits per heavy atom. The van der Waals surface area contributed by atoms with Crippen LogP contribution in [0.25, 0.3) is 11.2 Å². The predicted molar refractivity (Wildman–Crippen MR) is 78.4 cm³/mol. The molecule has 0 saturated heterocycles. The Morgan fingerprint density at radius 1 is 1.24 bits per heavy atom. The van der Waals surface area contributed by atoms with E-state index in [2.05, 4.69) is 9.97 Å².